The first kappa shape index (κ1) is 26.9. The van der Waals surface area contributed by atoms with Crippen molar-refractivity contribution >= 4 is 17.9 Å². The molecule has 0 radical (unpaired) electrons. The van der Waals surface area contributed by atoms with Crippen LogP contribution >= 0.6 is 0 Å². The molecule has 0 unspecified atom stereocenters. The molecule has 184 valence electrons. The fraction of sp³-hybridized carbons (Fsp3) is 0.630. The van der Waals surface area contributed by atoms with Gasteiger partial charge < -0.3 is 15.3 Å². The van der Waals surface area contributed by atoms with Gasteiger partial charge in [0, 0.05) is 43.4 Å². The number of phenolic OH excluding ortho intramolecular Hbond substituents is 1. The molecule has 0 saturated carbocycles. The van der Waals surface area contributed by atoms with E-state index in [2.05, 4.69) is 58.7 Å². The highest BCUT2D eigenvalue weighted by Gasteiger charge is 2.26. The number of rotatable bonds is 7. The van der Waals surface area contributed by atoms with E-state index >= 15 is 0 Å². The minimum absolute atomic E-state index is 0.00813. The molecule has 0 aliphatic carbocycles. The molecule has 0 spiro atoms. The van der Waals surface area contributed by atoms with Crippen LogP contribution in [-0.4, -0.2) is 66.0 Å². The molecule has 0 bridgehead atoms. The molecule has 1 heterocycles. The Morgan fingerprint density at radius 1 is 1.00 bits per heavy atom. The molecule has 0 atom stereocenters. The van der Waals surface area contributed by atoms with Gasteiger partial charge in [0.2, 0.25) is 11.8 Å². The number of aromatic hydroxyl groups is 1. The maximum absolute atomic E-state index is 12.5. The molecular formula is C27H43N3O3. The Kier molecular flexibility index (Phi) is 9.12. The number of amides is 2. The lowest BCUT2D eigenvalue weighted by molar-refractivity contribution is -0.133. The van der Waals surface area contributed by atoms with Gasteiger partial charge in [-0.15, -0.1) is 0 Å². The molecule has 2 N–H and O–H groups in total. The number of hydrogen-bond donors (Lipinski definition) is 2. The van der Waals surface area contributed by atoms with Gasteiger partial charge in [0.25, 0.3) is 0 Å². The summed E-state index contributed by atoms with van der Waals surface area (Å²) in [4.78, 5) is 29.1. The molecule has 1 aliphatic heterocycles. The van der Waals surface area contributed by atoms with Crippen molar-refractivity contribution in [3.05, 3.63) is 34.9 Å². The van der Waals surface area contributed by atoms with E-state index in [1.165, 1.54) is 18.9 Å². The molecule has 1 saturated heterocycles. The summed E-state index contributed by atoms with van der Waals surface area (Å²) in [5.74, 6) is -0.0221. The Labute approximate surface area is 200 Å². The van der Waals surface area contributed by atoms with Crippen LogP contribution in [0, 0.1) is 0 Å². The number of nitrogens with one attached hydrogen (secondary N) is 1. The van der Waals surface area contributed by atoms with Crippen LogP contribution in [0.15, 0.2) is 18.2 Å². The molecular weight excluding hydrogens is 414 g/mol. The normalized spacial score (nSPS) is 15.8. The van der Waals surface area contributed by atoms with Gasteiger partial charge in [-0.25, -0.2) is 0 Å². The zero-order valence-electron chi connectivity index (χ0n) is 21.6. The van der Waals surface area contributed by atoms with Gasteiger partial charge in [-0.05, 0) is 47.6 Å². The Morgan fingerprint density at radius 2 is 1.55 bits per heavy atom. The standard InChI is InChI=1S/C27H43N3O3/c1-8-9-12-29-13-15-30(16-14-29)24(32)19-28-23(31)11-10-20-17-21(26(2,3)4)25(33)22(18-20)27(5,6)7/h10-11,17-18,33H,8-9,12-16,19H2,1-7H3,(H,28,31)/b11-10+. The van der Waals surface area contributed by atoms with Crippen molar-refractivity contribution in [3.63, 3.8) is 0 Å². The number of carbonyl (C=O) groups is 2. The van der Waals surface area contributed by atoms with Crippen LogP contribution < -0.4 is 5.32 Å². The van der Waals surface area contributed by atoms with Crippen LogP contribution in [0.25, 0.3) is 6.08 Å². The van der Waals surface area contributed by atoms with E-state index in [-0.39, 0.29) is 29.2 Å². The van der Waals surface area contributed by atoms with Crippen molar-refractivity contribution in [2.45, 2.75) is 72.1 Å². The van der Waals surface area contributed by atoms with Gasteiger partial charge >= 0.3 is 0 Å². The second-order valence-electron chi connectivity index (χ2n) is 11.1. The zero-order chi connectivity index (χ0) is 24.8. The summed E-state index contributed by atoms with van der Waals surface area (Å²) in [5, 5.41) is 13.6. The third-order valence-corrected chi connectivity index (χ3v) is 6.14. The van der Waals surface area contributed by atoms with Crippen LogP contribution in [0.4, 0.5) is 0 Å². The highest BCUT2D eigenvalue weighted by molar-refractivity contribution is 5.94. The summed E-state index contributed by atoms with van der Waals surface area (Å²) in [6, 6.07) is 3.86. The number of nitrogens with zero attached hydrogens (tertiary/aromatic N) is 2. The van der Waals surface area contributed by atoms with Crippen molar-refractivity contribution in [1.82, 2.24) is 15.1 Å². The second kappa shape index (κ2) is 11.2. The summed E-state index contributed by atoms with van der Waals surface area (Å²) >= 11 is 0. The van der Waals surface area contributed by atoms with E-state index in [1.807, 2.05) is 17.0 Å². The van der Waals surface area contributed by atoms with E-state index in [4.69, 9.17) is 0 Å². The Morgan fingerprint density at radius 3 is 2.03 bits per heavy atom. The molecule has 1 aliphatic rings. The molecule has 0 aromatic heterocycles. The molecule has 1 fully saturated rings. The maximum atomic E-state index is 12.5. The molecule has 6 heteroatoms. The second-order valence-corrected chi connectivity index (χ2v) is 11.1. The van der Waals surface area contributed by atoms with Crippen molar-refractivity contribution in [1.29, 1.82) is 0 Å². The fourth-order valence-corrected chi connectivity index (χ4v) is 4.00. The Hall–Kier alpha value is -2.34. The minimum atomic E-state index is -0.298. The largest absolute Gasteiger partial charge is 0.507 e. The molecule has 33 heavy (non-hydrogen) atoms. The number of phenols is 1. The van der Waals surface area contributed by atoms with Crippen LogP contribution in [0.5, 0.6) is 5.75 Å². The van der Waals surface area contributed by atoms with Crippen molar-refractivity contribution in [3.8, 4) is 5.75 Å². The molecule has 2 amide bonds. The van der Waals surface area contributed by atoms with Gasteiger partial charge in [-0.3, -0.25) is 14.5 Å². The van der Waals surface area contributed by atoms with Crippen molar-refractivity contribution in [2.75, 3.05) is 39.3 Å². The van der Waals surface area contributed by atoms with E-state index in [1.54, 1.807) is 6.08 Å². The minimum Gasteiger partial charge on any atom is -0.507 e. The van der Waals surface area contributed by atoms with Gasteiger partial charge in [-0.1, -0.05) is 54.9 Å². The lowest BCUT2D eigenvalue weighted by atomic mass is 9.78. The van der Waals surface area contributed by atoms with E-state index in [0.29, 0.717) is 18.8 Å². The molecule has 6 nitrogen and oxygen atoms in total. The lowest BCUT2D eigenvalue weighted by Gasteiger charge is -2.34. The third kappa shape index (κ3) is 7.88. The SMILES string of the molecule is CCCCN1CCN(C(=O)CNC(=O)/C=C/c2cc(C(C)(C)C)c(O)c(C(C)(C)C)c2)CC1. The third-order valence-electron chi connectivity index (χ3n) is 6.14. The topological polar surface area (TPSA) is 72.9 Å². The fourth-order valence-electron chi connectivity index (χ4n) is 4.00. The first-order valence-electron chi connectivity index (χ1n) is 12.2. The van der Waals surface area contributed by atoms with E-state index in [0.717, 1.165) is 36.3 Å². The van der Waals surface area contributed by atoms with E-state index in [9.17, 15) is 14.7 Å². The van der Waals surface area contributed by atoms with E-state index < -0.39 is 0 Å². The summed E-state index contributed by atoms with van der Waals surface area (Å²) in [7, 11) is 0. The number of benzene rings is 1. The highest BCUT2D eigenvalue weighted by Crippen LogP contribution is 2.40. The summed E-state index contributed by atoms with van der Waals surface area (Å²) < 4.78 is 0. The van der Waals surface area contributed by atoms with Gasteiger partial charge in [0.15, 0.2) is 0 Å². The van der Waals surface area contributed by atoms with Crippen LogP contribution in [0.3, 0.4) is 0 Å². The molecule has 1 aromatic rings. The monoisotopic (exact) mass is 457 g/mol. The van der Waals surface area contributed by atoms with Gasteiger partial charge in [-0.2, -0.15) is 0 Å². The summed E-state index contributed by atoms with van der Waals surface area (Å²) in [6.45, 7) is 18.9. The van der Waals surface area contributed by atoms with Crippen molar-refractivity contribution < 1.29 is 14.7 Å². The predicted octanol–water partition coefficient (Wildman–Crippen LogP) is 4.06. The number of piperazine rings is 1. The van der Waals surface area contributed by atoms with Crippen LogP contribution in [0.1, 0.15) is 78.0 Å². The molecule has 2 rings (SSSR count). The Balaban J connectivity index is 1.98. The zero-order valence-corrected chi connectivity index (χ0v) is 21.6. The quantitative estimate of drug-likeness (QED) is 0.606. The smallest absolute Gasteiger partial charge is 0.244 e. The summed E-state index contributed by atoms with van der Waals surface area (Å²) in [5.41, 5.74) is 2.09. The van der Waals surface area contributed by atoms with Gasteiger partial charge in [0.1, 0.15) is 5.75 Å². The average molecular weight is 458 g/mol. The maximum Gasteiger partial charge on any atom is 0.244 e. The summed E-state index contributed by atoms with van der Waals surface area (Å²) in [6.07, 6.45) is 5.57. The molecule has 1 aromatic carbocycles. The van der Waals surface area contributed by atoms with Crippen LogP contribution in [0.2, 0.25) is 0 Å². The lowest BCUT2D eigenvalue weighted by Crippen LogP contribution is -2.51. The van der Waals surface area contributed by atoms with Gasteiger partial charge in [0.05, 0.1) is 6.54 Å². The number of hydrogen-bond acceptors (Lipinski definition) is 4. The first-order valence-corrected chi connectivity index (χ1v) is 12.2. The predicted molar refractivity (Wildman–Crippen MR) is 135 cm³/mol. The number of unbranched alkanes of at least 4 members (excludes halogenated alkanes) is 1. The number of carbonyl (C=O) groups excluding carboxylic acids is 2. The van der Waals surface area contributed by atoms with Crippen molar-refractivity contribution in [2.24, 2.45) is 0 Å². The highest BCUT2D eigenvalue weighted by atomic mass is 16.3. The first-order chi connectivity index (χ1) is 15.3. The average Bonchev–Trinajstić information content (AvgIpc) is 2.74. The Bertz CT molecular complexity index is 819. The van der Waals surface area contributed by atoms with Crippen LogP contribution in [-0.2, 0) is 20.4 Å².